The fourth-order valence-corrected chi connectivity index (χ4v) is 3.61. The van der Waals surface area contributed by atoms with Gasteiger partial charge in [0.2, 0.25) is 0 Å². The zero-order chi connectivity index (χ0) is 16.3. The molecule has 1 aromatic carbocycles. The van der Waals surface area contributed by atoms with Crippen molar-refractivity contribution in [3.05, 3.63) is 35.9 Å². The molecule has 1 rings (SSSR count). The van der Waals surface area contributed by atoms with Crippen LogP contribution in [0.25, 0.3) is 0 Å². The highest BCUT2D eigenvalue weighted by molar-refractivity contribution is 7.86. The second kappa shape index (κ2) is 10.8. The Labute approximate surface area is 135 Å². The lowest BCUT2D eigenvalue weighted by Crippen LogP contribution is -2.23. The molecule has 0 radical (unpaired) electrons. The number of hydrogen-bond acceptors (Lipinski definition) is 2. The Morgan fingerprint density at radius 2 is 1.45 bits per heavy atom. The molecule has 0 heterocycles. The van der Waals surface area contributed by atoms with Crippen molar-refractivity contribution in [2.24, 2.45) is 0 Å². The molecule has 0 spiro atoms. The standard InChI is InChI=1S/C18H30O3S/c1-2-3-4-5-6-7-8-12-15-18(22(19,20)21)16-17-13-10-9-11-14-17/h9-11,13-14,18H,2-8,12,15-16H2,1H3,(H,19,20,21). The van der Waals surface area contributed by atoms with Gasteiger partial charge >= 0.3 is 0 Å². The summed E-state index contributed by atoms with van der Waals surface area (Å²) in [7, 11) is -3.97. The van der Waals surface area contributed by atoms with E-state index in [1.165, 1.54) is 32.1 Å². The van der Waals surface area contributed by atoms with E-state index >= 15 is 0 Å². The van der Waals surface area contributed by atoms with E-state index in [-0.39, 0.29) is 0 Å². The smallest absolute Gasteiger partial charge is 0.268 e. The third kappa shape index (κ3) is 8.54. The van der Waals surface area contributed by atoms with Crippen LogP contribution >= 0.6 is 0 Å². The molecule has 0 saturated heterocycles. The summed E-state index contributed by atoms with van der Waals surface area (Å²) in [6.45, 7) is 2.21. The highest BCUT2D eigenvalue weighted by atomic mass is 32.2. The molecule has 1 atom stereocenters. The van der Waals surface area contributed by atoms with Crippen LogP contribution < -0.4 is 0 Å². The Kier molecular flexibility index (Phi) is 9.41. The van der Waals surface area contributed by atoms with Crippen molar-refractivity contribution < 1.29 is 13.0 Å². The maximum absolute atomic E-state index is 11.5. The van der Waals surface area contributed by atoms with E-state index in [2.05, 4.69) is 6.92 Å². The second-order valence-electron chi connectivity index (χ2n) is 6.09. The van der Waals surface area contributed by atoms with Gasteiger partial charge in [0, 0.05) is 0 Å². The van der Waals surface area contributed by atoms with Crippen LogP contribution in [-0.4, -0.2) is 18.2 Å². The van der Waals surface area contributed by atoms with Gasteiger partial charge in [0.1, 0.15) is 0 Å². The molecular weight excluding hydrogens is 296 g/mol. The summed E-state index contributed by atoms with van der Waals surface area (Å²) < 4.78 is 32.5. The minimum atomic E-state index is -3.97. The van der Waals surface area contributed by atoms with E-state index < -0.39 is 15.4 Å². The summed E-state index contributed by atoms with van der Waals surface area (Å²) in [6.07, 6.45) is 10.4. The molecule has 0 aromatic heterocycles. The van der Waals surface area contributed by atoms with Crippen LogP contribution in [-0.2, 0) is 16.5 Å². The zero-order valence-corrected chi connectivity index (χ0v) is 14.5. The fraction of sp³-hybridized carbons (Fsp3) is 0.667. The van der Waals surface area contributed by atoms with Crippen molar-refractivity contribution in [3.8, 4) is 0 Å². The van der Waals surface area contributed by atoms with E-state index in [0.717, 1.165) is 24.8 Å². The summed E-state index contributed by atoms with van der Waals surface area (Å²) in [5.74, 6) is 0. The van der Waals surface area contributed by atoms with Crippen molar-refractivity contribution in [3.63, 3.8) is 0 Å². The Morgan fingerprint density at radius 3 is 2.00 bits per heavy atom. The Bertz CT molecular complexity index is 482. The van der Waals surface area contributed by atoms with Gasteiger partial charge in [-0.25, -0.2) is 0 Å². The lowest BCUT2D eigenvalue weighted by molar-refractivity contribution is 0.454. The van der Waals surface area contributed by atoms with Gasteiger partial charge < -0.3 is 0 Å². The summed E-state index contributed by atoms with van der Waals surface area (Å²) in [5, 5.41) is -0.671. The van der Waals surface area contributed by atoms with E-state index in [9.17, 15) is 13.0 Å². The van der Waals surface area contributed by atoms with E-state index in [1.807, 2.05) is 30.3 Å². The van der Waals surface area contributed by atoms with Crippen molar-refractivity contribution in [1.82, 2.24) is 0 Å². The summed E-state index contributed by atoms with van der Waals surface area (Å²) >= 11 is 0. The average molecular weight is 327 g/mol. The molecule has 0 saturated carbocycles. The first-order valence-electron chi connectivity index (χ1n) is 8.54. The molecule has 0 amide bonds. The monoisotopic (exact) mass is 326 g/mol. The topological polar surface area (TPSA) is 54.4 Å². The predicted molar refractivity (Wildman–Crippen MR) is 92.7 cm³/mol. The van der Waals surface area contributed by atoms with Crippen molar-refractivity contribution >= 4 is 10.1 Å². The molecule has 1 N–H and O–H groups in total. The molecule has 22 heavy (non-hydrogen) atoms. The lowest BCUT2D eigenvalue weighted by atomic mass is 10.0. The fourth-order valence-electron chi connectivity index (χ4n) is 2.74. The molecule has 0 bridgehead atoms. The third-order valence-electron chi connectivity index (χ3n) is 4.11. The van der Waals surface area contributed by atoms with Gasteiger partial charge in [-0.3, -0.25) is 4.55 Å². The van der Waals surface area contributed by atoms with Crippen LogP contribution in [0.5, 0.6) is 0 Å². The maximum Gasteiger partial charge on any atom is 0.268 e. The van der Waals surface area contributed by atoms with Crippen LogP contribution in [0.3, 0.4) is 0 Å². The number of unbranched alkanes of at least 4 members (excludes halogenated alkanes) is 7. The Balaban J connectivity index is 2.28. The molecule has 0 aliphatic carbocycles. The summed E-state index contributed by atoms with van der Waals surface area (Å²) in [4.78, 5) is 0. The number of benzene rings is 1. The minimum absolute atomic E-state index is 0.399. The van der Waals surface area contributed by atoms with Crippen molar-refractivity contribution in [1.29, 1.82) is 0 Å². The molecule has 0 aliphatic rings. The molecule has 0 aliphatic heterocycles. The largest absolute Gasteiger partial charge is 0.285 e. The van der Waals surface area contributed by atoms with Crippen LogP contribution in [0.2, 0.25) is 0 Å². The van der Waals surface area contributed by atoms with E-state index in [0.29, 0.717) is 12.8 Å². The van der Waals surface area contributed by atoms with Gasteiger partial charge in [0.25, 0.3) is 10.1 Å². The van der Waals surface area contributed by atoms with Crippen LogP contribution in [0.1, 0.15) is 70.3 Å². The molecule has 126 valence electrons. The summed E-state index contributed by atoms with van der Waals surface area (Å²) in [6, 6.07) is 9.52. The molecule has 3 nitrogen and oxygen atoms in total. The maximum atomic E-state index is 11.5. The lowest BCUT2D eigenvalue weighted by Gasteiger charge is -2.14. The SMILES string of the molecule is CCCCCCCCCCC(Cc1ccccc1)S(=O)(=O)O. The summed E-state index contributed by atoms with van der Waals surface area (Å²) in [5.41, 5.74) is 0.963. The van der Waals surface area contributed by atoms with Gasteiger partial charge in [-0.1, -0.05) is 88.6 Å². The normalized spacial score (nSPS) is 13.2. The van der Waals surface area contributed by atoms with Gasteiger partial charge in [0.15, 0.2) is 0 Å². The van der Waals surface area contributed by atoms with Crippen molar-refractivity contribution in [2.45, 2.75) is 76.4 Å². The zero-order valence-electron chi connectivity index (χ0n) is 13.7. The highest BCUT2D eigenvalue weighted by Gasteiger charge is 2.22. The van der Waals surface area contributed by atoms with E-state index in [4.69, 9.17) is 0 Å². The van der Waals surface area contributed by atoms with Gasteiger partial charge in [-0.2, -0.15) is 8.42 Å². The molecule has 1 unspecified atom stereocenters. The second-order valence-corrected chi connectivity index (χ2v) is 7.79. The quantitative estimate of drug-likeness (QED) is 0.433. The van der Waals surface area contributed by atoms with Crippen molar-refractivity contribution in [2.75, 3.05) is 0 Å². The van der Waals surface area contributed by atoms with Gasteiger partial charge in [-0.05, 0) is 18.4 Å². The number of hydrogen-bond donors (Lipinski definition) is 1. The average Bonchev–Trinajstić information content (AvgIpc) is 2.49. The number of rotatable bonds is 12. The molecule has 1 aromatic rings. The minimum Gasteiger partial charge on any atom is -0.285 e. The first-order valence-corrected chi connectivity index (χ1v) is 10.0. The van der Waals surface area contributed by atoms with Crippen LogP contribution in [0, 0.1) is 0 Å². The van der Waals surface area contributed by atoms with E-state index in [1.54, 1.807) is 0 Å². The highest BCUT2D eigenvalue weighted by Crippen LogP contribution is 2.17. The molecular formula is C18H30O3S. The predicted octanol–water partition coefficient (Wildman–Crippen LogP) is 5.02. The molecule has 4 heteroatoms. The first kappa shape index (κ1) is 19.2. The molecule has 0 fully saturated rings. The van der Waals surface area contributed by atoms with Gasteiger partial charge in [0.05, 0.1) is 5.25 Å². The third-order valence-corrected chi connectivity index (χ3v) is 5.35. The van der Waals surface area contributed by atoms with Gasteiger partial charge in [-0.15, -0.1) is 0 Å². The Morgan fingerprint density at radius 1 is 0.909 bits per heavy atom. The van der Waals surface area contributed by atoms with Crippen LogP contribution in [0.4, 0.5) is 0 Å². The first-order chi connectivity index (χ1) is 10.5. The van der Waals surface area contributed by atoms with Crippen LogP contribution in [0.15, 0.2) is 30.3 Å². The Hall–Kier alpha value is -0.870.